The third-order valence-electron chi connectivity index (χ3n) is 3.77. The van der Waals surface area contributed by atoms with Crippen LogP contribution in [0.25, 0.3) is 0 Å². The van der Waals surface area contributed by atoms with Crippen molar-refractivity contribution < 1.29 is 0 Å². The van der Waals surface area contributed by atoms with E-state index >= 15 is 0 Å². The van der Waals surface area contributed by atoms with E-state index in [4.69, 9.17) is 0 Å². The molecule has 0 amide bonds. The van der Waals surface area contributed by atoms with Gasteiger partial charge in [-0.3, -0.25) is 0 Å². The van der Waals surface area contributed by atoms with Crippen LogP contribution in [0.3, 0.4) is 0 Å². The number of nitrogens with one attached hydrogen (secondary N) is 1. The molecule has 1 N–H and O–H groups in total. The van der Waals surface area contributed by atoms with Crippen LogP contribution in [0.15, 0.2) is 0 Å². The molecule has 1 aliphatic rings. The summed E-state index contributed by atoms with van der Waals surface area (Å²) in [6, 6.07) is 0.511. The lowest BCUT2D eigenvalue weighted by atomic mass is 9.84. The summed E-state index contributed by atoms with van der Waals surface area (Å²) in [5.74, 6) is 1.83. The Balaban J connectivity index is 2.02. The number of tetrazole rings is 1. The molecule has 5 heteroatoms. The van der Waals surface area contributed by atoms with Crippen molar-refractivity contribution in [2.75, 3.05) is 6.54 Å². The van der Waals surface area contributed by atoms with Gasteiger partial charge >= 0.3 is 0 Å². The minimum absolute atomic E-state index is 0.511. The maximum absolute atomic E-state index is 4.18. The van der Waals surface area contributed by atoms with Crippen molar-refractivity contribution in [1.82, 2.24) is 25.5 Å². The summed E-state index contributed by atoms with van der Waals surface area (Å²) < 4.78 is 2.05. The van der Waals surface area contributed by atoms with Gasteiger partial charge in [0.05, 0.1) is 12.6 Å². The molecular weight excluding hydrogens is 214 g/mol. The highest BCUT2D eigenvalue weighted by Gasteiger charge is 2.24. The average molecular weight is 237 g/mol. The van der Waals surface area contributed by atoms with Crippen LogP contribution >= 0.6 is 0 Å². The monoisotopic (exact) mass is 237 g/mol. The second-order valence-corrected chi connectivity index (χ2v) is 4.91. The topological polar surface area (TPSA) is 55.6 Å². The Morgan fingerprint density at radius 3 is 3.00 bits per heavy atom. The molecule has 2 unspecified atom stereocenters. The lowest BCUT2D eigenvalue weighted by molar-refractivity contribution is 0.240. The standard InChI is InChI=1S/C12H23N5/c1-3-10-6-5-7-11(8-10)17-12(9-13-4-2)14-15-16-17/h10-11,13H,3-9H2,1-2H3. The molecule has 1 aromatic heterocycles. The first-order chi connectivity index (χ1) is 8.35. The fourth-order valence-electron chi connectivity index (χ4n) is 2.70. The summed E-state index contributed by atoms with van der Waals surface area (Å²) in [5, 5.41) is 15.4. The van der Waals surface area contributed by atoms with Gasteiger partial charge in [-0.1, -0.05) is 33.1 Å². The van der Waals surface area contributed by atoms with Crippen molar-refractivity contribution in [3.8, 4) is 0 Å². The van der Waals surface area contributed by atoms with Crippen molar-refractivity contribution >= 4 is 0 Å². The largest absolute Gasteiger partial charge is 0.310 e. The lowest BCUT2D eigenvalue weighted by Gasteiger charge is -2.28. The van der Waals surface area contributed by atoms with E-state index in [9.17, 15) is 0 Å². The van der Waals surface area contributed by atoms with E-state index in [0.29, 0.717) is 6.04 Å². The Labute approximate surface area is 103 Å². The summed E-state index contributed by atoms with van der Waals surface area (Å²) in [6.07, 6.45) is 6.42. The lowest BCUT2D eigenvalue weighted by Crippen LogP contribution is -2.24. The van der Waals surface area contributed by atoms with Gasteiger partial charge in [-0.2, -0.15) is 0 Å². The molecule has 0 bridgehead atoms. The quantitative estimate of drug-likeness (QED) is 0.850. The molecular formula is C12H23N5. The van der Waals surface area contributed by atoms with Gasteiger partial charge in [0.15, 0.2) is 5.82 Å². The molecule has 17 heavy (non-hydrogen) atoms. The van der Waals surface area contributed by atoms with Crippen LogP contribution < -0.4 is 5.32 Å². The van der Waals surface area contributed by atoms with Crippen molar-refractivity contribution in [3.05, 3.63) is 5.82 Å². The zero-order chi connectivity index (χ0) is 12.1. The van der Waals surface area contributed by atoms with Gasteiger partial charge < -0.3 is 5.32 Å². The first-order valence-electron chi connectivity index (χ1n) is 6.82. The maximum Gasteiger partial charge on any atom is 0.165 e. The van der Waals surface area contributed by atoms with Gasteiger partial charge in [0.2, 0.25) is 0 Å². The Morgan fingerprint density at radius 2 is 2.24 bits per heavy atom. The van der Waals surface area contributed by atoms with Crippen molar-refractivity contribution in [3.63, 3.8) is 0 Å². The molecule has 1 fully saturated rings. The number of hydrogen-bond donors (Lipinski definition) is 1. The molecule has 0 radical (unpaired) electrons. The molecule has 0 spiro atoms. The van der Waals surface area contributed by atoms with Gasteiger partial charge in [0.25, 0.3) is 0 Å². The number of aromatic nitrogens is 4. The van der Waals surface area contributed by atoms with Crippen LogP contribution in [0.1, 0.15) is 57.8 Å². The zero-order valence-electron chi connectivity index (χ0n) is 10.9. The third-order valence-corrected chi connectivity index (χ3v) is 3.77. The van der Waals surface area contributed by atoms with Crippen molar-refractivity contribution in [2.24, 2.45) is 5.92 Å². The van der Waals surface area contributed by atoms with E-state index in [2.05, 4.69) is 34.7 Å². The summed E-state index contributed by atoms with van der Waals surface area (Å²) in [6.45, 7) is 6.11. The Morgan fingerprint density at radius 1 is 1.35 bits per heavy atom. The molecule has 1 aliphatic carbocycles. The normalized spacial score (nSPS) is 25.1. The highest BCUT2D eigenvalue weighted by molar-refractivity contribution is 4.86. The van der Waals surface area contributed by atoms with E-state index in [1.807, 2.05) is 4.68 Å². The third kappa shape index (κ3) is 3.03. The molecule has 1 heterocycles. The Kier molecular flexibility index (Phi) is 4.48. The van der Waals surface area contributed by atoms with Crippen molar-refractivity contribution in [2.45, 2.75) is 58.5 Å². The Hall–Kier alpha value is -0.970. The van der Waals surface area contributed by atoms with E-state index in [-0.39, 0.29) is 0 Å². The van der Waals surface area contributed by atoms with Gasteiger partial charge in [-0.05, 0) is 35.7 Å². The SMILES string of the molecule is CCNCc1nnnn1C1CCCC(CC)C1. The molecule has 1 saturated carbocycles. The van der Waals surface area contributed by atoms with Crippen LogP contribution in [0.4, 0.5) is 0 Å². The molecule has 0 aliphatic heterocycles. The molecule has 1 aromatic rings. The summed E-state index contributed by atoms with van der Waals surface area (Å²) in [7, 11) is 0. The van der Waals surface area contributed by atoms with Crippen molar-refractivity contribution in [1.29, 1.82) is 0 Å². The predicted octanol–water partition coefficient (Wildman–Crippen LogP) is 1.92. The van der Waals surface area contributed by atoms with E-state index in [1.54, 1.807) is 0 Å². The van der Waals surface area contributed by atoms with E-state index in [1.165, 1.54) is 32.1 Å². The summed E-state index contributed by atoms with van der Waals surface area (Å²) >= 11 is 0. The molecule has 0 aromatic carbocycles. The van der Waals surface area contributed by atoms with Crippen LogP contribution in [0.5, 0.6) is 0 Å². The molecule has 5 nitrogen and oxygen atoms in total. The van der Waals surface area contributed by atoms with Crippen LogP contribution in [-0.4, -0.2) is 26.8 Å². The van der Waals surface area contributed by atoms with Gasteiger partial charge in [0, 0.05) is 0 Å². The summed E-state index contributed by atoms with van der Waals surface area (Å²) in [5.41, 5.74) is 0. The van der Waals surface area contributed by atoms with E-state index < -0.39 is 0 Å². The fourth-order valence-corrected chi connectivity index (χ4v) is 2.70. The predicted molar refractivity (Wildman–Crippen MR) is 66.5 cm³/mol. The molecule has 96 valence electrons. The minimum atomic E-state index is 0.511. The molecule has 2 atom stereocenters. The minimum Gasteiger partial charge on any atom is -0.310 e. The van der Waals surface area contributed by atoms with Crippen LogP contribution in [-0.2, 0) is 6.54 Å². The van der Waals surface area contributed by atoms with Gasteiger partial charge in [-0.15, -0.1) is 5.10 Å². The maximum atomic E-state index is 4.18. The number of rotatable bonds is 5. The van der Waals surface area contributed by atoms with Gasteiger partial charge in [0.1, 0.15) is 0 Å². The summed E-state index contributed by atoms with van der Waals surface area (Å²) in [4.78, 5) is 0. The highest BCUT2D eigenvalue weighted by Crippen LogP contribution is 2.33. The number of nitrogens with zero attached hydrogens (tertiary/aromatic N) is 4. The fraction of sp³-hybridized carbons (Fsp3) is 0.917. The zero-order valence-corrected chi connectivity index (χ0v) is 10.9. The first-order valence-corrected chi connectivity index (χ1v) is 6.82. The molecule has 2 rings (SSSR count). The second kappa shape index (κ2) is 6.10. The second-order valence-electron chi connectivity index (χ2n) is 4.91. The van der Waals surface area contributed by atoms with Crippen LogP contribution in [0.2, 0.25) is 0 Å². The number of hydrogen-bond acceptors (Lipinski definition) is 4. The smallest absolute Gasteiger partial charge is 0.165 e. The van der Waals surface area contributed by atoms with Gasteiger partial charge in [-0.25, -0.2) is 4.68 Å². The van der Waals surface area contributed by atoms with E-state index in [0.717, 1.165) is 24.8 Å². The molecule has 0 saturated heterocycles. The Bertz CT molecular complexity index is 335. The van der Waals surface area contributed by atoms with Crippen LogP contribution in [0, 0.1) is 5.92 Å². The first kappa shape index (κ1) is 12.5. The highest BCUT2D eigenvalue weighted by atomic mass is 15.6. The average Bonchev–Trinajstić information content (AvgIpc) is 2.84.